The Morgan fingerprint density at radius 1 is 1.21 bits per heavy atom. The van der Waals surface area contributed by atoms with E-state index in [2.05, 4.69) is 0 Å². The van der Waals surface area contributed by atoms with Gasteiger partial charge in [-0.05, 0) is 11.5 Å². The van der Waals surface area contributed by atoms with Crippen molar-refractivity contribution >= 4 is 0 Å². The van der Waals surface area contributed by atoms with E-state index >= 15 is 0 Å². The minimum atomic E-state index is -1.07. The van der Waals surface area contributed by atoms with Crippen LogP contribution in [0.25, 0.3) is 0 Å². The molecule has 0 saturated heterocycles. The lowest BCUT2D eigenvalue weighted by atomic mass is 9.88. The number of hydrogen-bond donors (Lipinski definition) is 1. The predicted molar refractivity (Wildman–Crippen MR) is 55.7 cm³/mol. The molecule has 0 aliphatic carbocycles. The topological polar surface area (TPSA) is 20.2 Å². The Balaban J connectivity index is 2.78. The molecule has 1 N–H and O–H groups in total. The van der Waals surface area contributed by atoms with E-state index in [4.69, 9.17) is 5.11 Å². The largest absolute Gasteiger partial charge is 0.396 e. The summed E-state index contributed by atoms with van der Waals surface area (Å²) in [5.41, 5.74) is 0.653. The fourth-order valence-electron chi connectivity index (χ4n) is 1.53. The molecule has 0 aromatic heterocycles. The molecule has 0 amide bonds. The van der Waals surface area contributed by atoms with Gasteiger partial charge in [-0.1, -0.05) is 44.2 Å². The first-order valence-corrected chi connectivity index (χ1v) is 4.96. The second-order valence-corrected chi connectivity index (χ2v) is 3.90. The van der Waals surface area contributed by atoms with Crippen molar-refractivity contribution in [1.82, 2.24) is 0 Å². The van der Waals surface area contributed by atoms with Crippen molar-refractivity contribution in [2.45, 2.75) is 20.0 Å². The zero-order valence-corrected chi connectivity index (χ0v) is 8.65. The van der Waals surface area contributed by atoms with Crippen molar-refractivity contribution in [2.24, 2.45) is 11.8 Å². The lowest BCUT2D eigenvalue weighted by molar-refractivity contribution is 0.104. The van der Waals surface area contributed by atoms with Gasteiger partial charge in [0.2, 0.25) is 0 Å². The van der Waals surface area contributed by atoms with Gasteiger partial charge >= 0.3 is 0 Å². The third-order valence-corrected chi connectivity index (χ3v) is 2.56. The average Bonchev–Trinajstić information content (AvgIpc) is 2.19. The van der Waals surface area contributed by atoms with Gasteiger partial charge in [-0.15, -0.1) is 0 Å². The van der Waals surface area contributed by atoms with E-state index in [0.717, 1.165) is 0 Å². The summed E-state index contributed by atoms with van der Waals surface area (Å²) in [5.74, 6) is -0.160. The second-order valence-electron chi connectivity index (χ2n) is 3.90. The Labute approximate surface area is 84.6 Å². The Morgan fingerprint density at radius 3 is 2.21 bits per heavy atom. The van der Waals surface area contributed by atoms with E-state index in [-0.39, 0.29) is 18.4 Å². The van der Waals surface area contributed by atoms with Crippen LogP contribution >= 0.6 is 0 Å². The van der Waals surface area contributed by atoms with Gasteiger partial charge in [0.05, 0.1) is 0 Å². The minimum absolute atomic E-state index is 0.103. The normalized spacial score (nSPS) is 15.5. The van der Waals surface area contributed by atoms with Crippen LogP contribution in [-0.2, 0) is 0 Å². The molecule has 0 aliphatic heterocycles. The third-order valence-electron chi connectivity index (χ3n) is 2.56. The summed E-state index contributed by atoms with van der Waals surface area (Å²) in [6.45, 7) is 3.75. The fourth-order valence-corrected chi connectivity index (χ4v) is 1.53. The molecule has 1 nitrogen and oxygen atoms in total. The maximum atomic E-state index is 13.9. The Morgan fingerprint density at radius 2 is 1.79 bits per heavy atom. The molecule has 0 bridgehead atoms. The van der Waals surface area contributed by atoms with Crippen LogP contribution in [0, 0.1) is 11.8 Å². The van der Waals surface area contributed by atoms with Crippen molar-refractivity contribution in [3.05, 3.63) is 35.9 Å². The molecule has 2 unspecified atom stereocenters. The van der Waals surface area contributed by atoms with Gasteiger partial charge in [0.25, 0.3) is 0 Å². The maximum Gasteiger partial charge on any atom is 0.130 e. The molecule has 14 heavy (non-hydrogen) atoms. The quantitative estimate of drug-likeness (QED) is 0.785. The van der Waals surface area contributed by atoms with Gasteiger partial charge in [0, 0.05) is 12.5 Å². The van der Waals surface area contributed by atoms with Crippen LogP contribution < -0.4 is 0 Å². The summed E-state index contributed by atoms with van der Waals surface area (Å²) in [6.07, 6.45) is -1.07. The molecule has 2 heteroatoms. The molecule has 0 aliphatic rings. The van der Waals surface area contributed by atoms with Gasteiger partial charge in [-0.3, -0.25) is 0 Å². The third kappa shape index (κ3) is 2.55. The first kappa shape index (κ1) is 11.2. The van der Waals surface area contributed by atoms with Crippen LogP contribution in [-0.4, -0.2) is 11.7 Å². The van der Waals surface area contributed by atoms with E-state index in [1.54, 1.807) is 12.1 Å². The highest BCUT2D eigenvalue weighted by Crippen LogP contribution is 2.30. The number of alkyl halides is 1. The smallest absolute Gasteiger partial charge is 0.130 e. The molecule has 0 spiro atoms. The maximum absolute atomic E-state index is 13.9. The van der Waals surface area contributed by atoms with Crippen LogP contribution in [0.5, 0.6) is 0 Å². The van der Waals surface area contributed by atoms with Crippen molar-refractivity contribution in [2.75, 3.05) is 6.61 Å². The van der Waals surface area contributed by atoms with Gasteiger partial charge in [-0.2, -0.15) is 0 Å². The minimum Gasteiger partial charge on any atom is -0.396 e. The second kappa shape index (κ2) is 5.11. The summed E-state index contributed by atoms with van der Waals surface area (Å²) in [4.78, 5) is 0. The van der Waals surface area contributed by atoms with Gasteiger partial charge < -0.3 is 5.11 Å². The van der Waals surface area contributed by atoms with Crippen molar-refractivity contribution < 1.29 is 9.50 Å². The van der Waals surface area contributed by atoms with Gasteiger partial charge in [0.1, 0.15) is 6.17 Å². The van der Waals surface area contributed by atoms with Gasteiger partial charge in [-0.25, -0.2) is 4.39 Å². The lowest BCUT2D eigenvalue weighted by Gasteiger charge is -2.22. The van der Waals surface area contributed by atoms with Crippen molar-refractivity contribution in [3.63, 3.8) is 0 Å². The number of aliphatic hydroxyl groups excluding tert-OH is 1. The van der Waals surface area contributed by atoms with E-state index in [9.17, 15) is 4.39 Å². The summed E-state index contributed by atoms with van der Waals surface area (Å²) in [7, 11) is 0. The van der Waals surface area contributed by atoms with Crippen molar-refractivity contribution in [1.29, 1.82) is 0 Å². The first-order chi connectivity index (χ1) is 6.66. The number of aliphatic hydroxyl groups is 1. The zero-order chi connectivity index (χ0) is 10.6. The van der Waals surface area contributed by atoms with Crippen LogP contribution in [0.3, 0.4) is 0 Å². The highest BCUT2D eigenvalue weighted by Gasteiger charge is 2.24. The van der Waals surface area contributed by atoms with E-state index in [1.165, 1.54) is 0 Å². The molecular formula is C12H17FO. The molecular weight excluding hydrogens is 179 g/mol. The van der Waals surface area contributed by atoms with Crippen LogP contribution in [0.4, 0.5) is 4.39 Å². The highest BCUT2D eigenvalue weighted by molar-refractivity contribution is 5.18. The molecule has 78 valence electrons. The molecule has 0 saturated carbocycles. The summed E-state index contributed by atoms with van der Waals surface area (Å²) >= 11 is 0. The molecule has 0 fully saturated rings. The average molecular weight is 196 g/mol. The summed E-state index contributed by atoms with van der Waals surface area (Å²) in [5, 5.41) is 9.09. The summed E-state index contributed by atoms with van der Waals surface area (Å²) < 4.78 is 13.9. The Bertz CT molecular complexity index is 258. The molecule has 1 rings (SSSR count). The summed E-state index contributed by atoms with van der Waals surface area (Å²) in [6, 6.07) is 9.01. The van der Waals surface area contributed by atoms with E-state index < -0.39 is 6.17 Å². The number of halogens is 1. The standard InChI is InChI=1S/C12H17FO/c1-9(2)11(8-14)12(13)10-6-4-3-5-7-10/h3-7,9,11-12,14H,8H2,1-2H3. The predicted octanol–water partition coefficient (Wildman–Crippen LogP) is 2.96. The van der Waals surface area contributed by atoms with Crippen LogP contribution in [0.15, 0.2) is 30.3 Å². The molecule has 2 atom stereocenters. The number of hydrogen-bond acceptors (Lipinski definition) is 1. The van der Waals surface area contributed by atoms with Crippen LogP contribution in [0.1, 0.15) is 25.6 Å². The first-order valence-electron chi connectivity index (χ1n) is 4.96. The number of rotatable bonds is 4. The monoisotopic (exact) mass is 196 g/mol. The van der Waals surface area contributed by atoms with Gasteiger partial charge in [0.15, 0.2) is 0 Å². The van der Waals surface area contributed by atoms with E-state index in [0.29, 0.717) is 5.56 Å². The Kier molecular flexibility index (Phi) is 4.08. The fraction of sp³-hybridized carbons (Fsp3) is 0.500. The SMILES string of the molecule is CC(C)C(CO)C(F)c1ccccc1. The lowest BCUT2D eigenvalue weighted by Crippen LogP contribution is -2.19. The molecule has 1 aromatic rings. The Hall–Kier alpha value is -0.890. The molecule has 0 radical (unpaired) electrons. The molecule has 1 aromatic carbocycles. The van der Waals surface area contributed by atoms with Crippen LogP contribution in [0.2, 0.25) is 0 Å². The zero-order valence-electron chi connectivity index (χ0n) is 8.65. The molecule has 0 heterocycles. The van der Waals surface area contributed by atoms with E-state index in [1.807, 2.05) is 32.0 Å². The van der Waals surface area contributed by atoms with Crippen molar-refractivity contribution in [3.8, 4) is 0 Å². The highest BCUT2D eigenvalue weighted by atomic mass is 19.1. The number of benzene rings is 1.